The van der Waals surface area contributed by atoms with Crippen LogP contribution in [0.2, 0.25) is 0 Å². The molecule has 0 bridgehead atoms. The van der Waals surface area contributed by atoms with Crippen molar-refractivity contribution in [3.05, 3.63) is 29.6 Å². The molecule has 0 aliphatic carbocycles. The first kappa shape index (κ1) is 14.5. The fraction of sp³-hybridized carbons (Fsp3) is 0.0769. The van der Waals surface area contributed by atoms with Crippen LogP contribution in [0, 0.1) is 11.5 Å². The fourth-order valence-electron chi connectivity index (χ4n) is 1.62. The number of aromatic nitrogens is 1. The monoisotopic (exact) mass is 299 g/mol. The third-order valence-corrected chi connectivity index (χ3v) is 3.29. The van der Waals surface area contributed by atoms with Crippen LogP contribution in [-0.2, 0) is 0 Å². The number of guanidine groups is 1. The van der Waals surface area contributed by atoms with E-state index in [9.17, 15) is 0 Å². The molecule has 0 unspecified atom stereocenters. The van der Waals surface area contributed by atoms with Gasteiger partial charge in [0.1, 0.15) is 6.34 Å². The topological polar surface area (TPSA) is 117 Å². The van der Waals surface area contributed by atoms with E-state index in [1.807, 2.05) is 36.7 Å². The van der Waals surface area contributed by atoms with Crippen molar-refractivity contribution in [2.75, 3.05) is 11.9 Å². The Balaban J connectivity index is 2.29. The van der Waals surface area contributed by atoms with Crippen LogP contribution in [0.3, 0.4) is 0 Å². The van der Waals surface area contributed by atoms with Crippen LogP contribution in [0.1, 0.15) is 0 Å². The zero-order valence-corrected chi connectivity index (χ0v) is 12.1. The number of hydrogen-bond donors (Lipinski definition) is 2. The van der Waals surface area contributed by atoms with Gasteiger partial charge in [0.05, 0.1) is 5.69 Å². The Morgan fingerprint density at radius 3 is 3.00 bits per heavy atom. The Kier molecular flexibility index (Phi) is 4.48. The van der Waals surface area contributed by atoms with Gasteiger partial charge in [-0.25, -0.2) is 4.98 Å². The van der Waals surface area contributed by atoms with E-state index in [2.05, 4.69) is 15.0 Å². The predicted molar refractivity (Wildman–Crippen MR) is 85.5 cm³/mol. The van der Waals surface area contributed by atoms with E-state index >= 15 is 0 Å². The van der Waals surface area contributed by atoms with Crippen molar-refractivity contribution >= 4 is 34.5 Å². The van der Waals surface area contributed by atoms with Crippen molar-refractivity contribution < 1.29 is 0 Å². The number of nitrogens with zero attached hydrogens (tertiary/aromatic N) is 5. The van der Waals surface area contributed by atoms with E-state index in [4.69, 9.17) is 16.7 Å². The van der Waals surface area contributed by atoms with E-state index in [0.29, 0.717) is 5.13 Å². The van der Waals surface area contributed by atoms with E-state index in [0.717, 1.165) is 16.9 Å². The summed E-state index contributed by atoms with van der Waals surface area (Å²) in [5, 5.41) is 10.8. The van der Waals surface area contributed by atoms with Gasteiger partial charge in [0.15, 0.2) is 5.96 Å². The minimum absolute atomic E-state index is 0.0166. The number of rotatable bonds is 4. The average molecular weight is 299 g/mol. The van der Waals surface area contributed by atoms with Gasteiger partial charge < -0.3 is 16.4 Å². The summed E-state index contributed by atoms with van der Waals surface area (Å²) in [6.07, 6.45) is 3.16. The Hall–Kier alpha value is -2.92. The van der Waals surface area contributed by atoms with Gasteiger partial charge in [-0.1, -0.05) is 12.1 Å². The number of aliphatic imine (C=N–C) groups is 2. The number of nitriles is 1. The average Bonchev–Trinajstić information content (AvgIpc) is 2.92. The molecule has 4 N–H and O–H groups in total. The van der Waals surface area contributed by atoms with Gasteiger partial charge in [-0.15, -0.1) is 11.3 Å². The van der Waals surface area contributed by atoms with E-state index in [1.165, 1.54) is 17.7 Å². The van der Waals surface area contributed by atoms with Crippen molar-refractivity contribution in [2.24, 2.45) is 21.5 Å². The first-order valence-electron chi connectivity index (χ1n) is 5.91. The van der Waals surface area contributed by atoms with Crippen LogP contribution in [0.15, 0.2) is 39.6 Å². The minimum atomic E-state index is -0.0166. The van der Waals surface area contributed by atoms with Crippen molar-refractivity contribution in [1.29, 1.82) is 5.26 Å². The molecule has 8 heteroatoms. The van der Waals surface area contributed by atoms with Crippen LogP contribution >= 0.6 is 11.3 Å². The van der Waals surface area contributed by atoms with Gasteiger partial charge in [-0.3, -0.25) is 0 Å². The predicted octanol–water partition coefficient (Wildman–Crippen LogP) is 1.66. The molecule has 1 aromatic heterocycles. The number of hydrogen-bond acceptors (Lipinski definition) is 5. The molecule has 2 aromatic rings. The SMILES string of the molecule is CN(C=NC#N)c1cccc(-c2csc(N=C(N)N)n2)c1. The smallest absolute Gasteiger partial charge is 0.212 e. The van der Waals surface area contributed by atoms with E-state index in [1.54, 1.807) is 11.1 Å². The summed E-state index contributed by atoms with van der Waals surface area (Å²) in [5.74, 6) is -0.0166. The Labute approximate surface area is 125 Å². The maximum Gasteiger partial charge on any atom is 0.212 e. The van der Waals surface area contributed by atoms with Crippen molar-refractivity contribution in [3.8, 4) is 17.5 Å². The first-order valence-corrected chi connectivity index (χ1v) is 6.79. The van der Waals surface area contributed by atoms with Gasteiger partial charge in [0.25, 0.3) is 0 Å². The highest BCUT2D eigenvalue weighted by Gasteiger charge is 2.06. The molecule has 106 valence electrons. The highest BCUT2D eigenvalue weighted by Crippen LogP contribution is 2.28. The van der Waals surface area contributed by atoms with E-state index < -0.39 is 0 Å². The normalized spacial score (nSPS) is 10.3. The first-order chi connectivity index (χ1) is 10.1. The molecule has 21 heavy (non-hydrogen) atoms. The van der Waals surface area contributed by atoms with Gasteiger partial charge in [0.2, 0.25) is 11.3 Å². The lowest BCUT2D eigenvalue weighted by molar-refractivity contribution is 1.28. The molecule has 7 nitrogen and oxygen atoms in total. The molecule has 0 aliphatic rings. The van der Waals surface area contributed by atoms with Crippen LogP contribution in [0.5, 0.6) is 0 Å². The molecule has 0 saturated carbocycles. The zero-order valence-electron chi connectivity index (χ0n) is 11.3. The lowest BCUT2D eigenvalue weighted by atomic mass is 10.1. The number of benzene rings is 1. The van der Waals surface area contributed by atoms with Crippen LogP contribution in [0.25, 0.3) is 11.3 Å². The Morgan fingerprint density at radius 2 is 2.29 bits per heavy atom. The molecular weight excluding hydrogens is 286 g/mol. The minimum Gasteiger partial charge on any atom is -0.370 e. The fourth-order valence-corrected chi connectivity index (χ4v) is 2.34. The molecule has 1 heterocycles. The molecule has 0 radical (unpaired) electrons. The van der Waals surface area contributed by atoms with Crippen LogP contribution in [0.4, 0.5) is 10.8 Å². The van der Waals surface area contributed by atoms with Gasteiger partial charge in [-0.05, 0) is 12.1 Å². The van der Waals surface area contributed by atoms with Crippen LogP contribution in [-0.4, -0.2) is 24.3 Å². The Morgan fingerprint density at radius 1 is 1.48 bits per heavy atom. The lowest BCUT2D eigenvalue weighted by Crippen LogP contribution is -2.21. The second kappa shape index (κ2) is 6.49. The molecule has 0 spiro atoms. The molecule has 2 rings (SSSR count). The second-order valence-corrected chi connectivity index (χ2v) is 4.89. The van der Waals surface area contributed by atoms with Crippen molar-refractivity contribution in [3.63, 3.8) is 0 Å². The summed E-state index contributed by atoms with van der Waals surface area (Å²) >= 11 is 1.36. The van der Waals surface area contributed by atoms with Crippen molar-refractivity contribution in [1.82, 2.24) is 4.98 Å². The quantitative estimate of drug-likeness (QED) is 0.506. The lowest BCUT2D eigenvalue weighted by Gasteiger charge is -2.13. The molecule has 0 atom stereocenters. The summed E-state index contributed by atoms with van der Waals surface area (Å²) in [6.45, 7) is 0. The molecule has 0 aliphatic heterocycles. The van der Waals surface area contributed by atoms with Crippen LogP contribution < -0.4 is 16.4 Å². The molecule has 0 saturated heterocycles. The Bertz CT molecular complexity index is 722. The molecular formula is C13H13N7S. The standard InChI is InChI=1S/C13H13N7S/c1-20(8-17-7-14)10-4-2-3-9(5-10)11-6-21-13(18-11)19-12(15)16/h2-6,8H,1H3,(H4,15,16,18,19). The second-order valence-electron chi connectivity index (χ2n) is 4.06. The summed E-state index contributed by atoms with van der Waals surface area (Å²) < 4.78 is 0. The summed E-state index contributed by atoms with van der Waals surface area (Å²) in [4.78, 5) is 13.5. The molecule has 0 amide bonds. The van der Waals surface area contributed by atoms with Gasteiger partial charge in [-0.2, -0.15) is 15.2 Å². The van der Waals surface area contributed by atoms with Crippen molar-refractivity contribution in [2.45, 2.75) is 0 Å². The highest BCUT2D eigenvalue weighted by molar-refractivity contribution is 7.13. The summed E-state index contributed by atoms with van der Waals surface area (Å²) in [6, 6.07) is 7.70. The molecule has 1 aromatic carbocycles. The maximum absolute atomic E-state index is 8.45. The van der Waals surface area contributed by atoms with E-state index in [-0.39, 0.29) is 5.96 Å². The maximum atomic E-state index is 8.45. The largest absolute Gasteiger partial charge is 0.370 e. The third kappa shape index (κ3) is 3.77. The molecule has 0 fully saturated rings. The zero-order chi connectivity index (χ0) is 15.2. The number of nitrogens with two attached hydrogens (primary N) is 2. The van der Waals surface area contributed by atoms with Gasteiger partial charge >= 0.3 is 0 Å². The summed E-state index contributed by atoms with van der Waals surface area (Å²) in [5.41, 5.74) is 13.3. The summed E-state index contributed by atoms with van der Waals surface area (Å²) in [7, 11) is 1.81. The highest BCUT2D eigenvalue weighted by atomic mass is 32.1. The number of anilines is 1. The number of thiazole rings is 1. The van der Waals surface area contributed by atoms with Gasteiger partial charge in [0, 0.05) is 23.7 Å². The third-order valence-electron chi connectivity index (χ3n) is 2.55.